The first-order valence-corrected chi connectivity index (χ1v) is 7.01. The van der Waals surface area contributed by atoms with E-state index in [1.54, 1.807) is 11.3 Å². The number of hydrazine groups is 1. The third-order valence-corrected chi connectivity index (χ3v) is 3.81. The van der Waals surface area contributed by atoms with Gasteiger partial charge in [0.1, 0.15) is 5.01 Å². The molecule has 0 amide bonds. The van der Waals surface area contributed by atoms with E-state index in [2.05, 4.69) is 39.6 Å². The molecule has 4 nitrogen and oxygen atoms in total. The average Bonchev–Trinajstić information content (AvgIpc) is 2.85. The largest absolute Gasteiger partial charge is 0.378 e. The van der Waals surface area contributed by atoms with Gasteiger partial charge in [-0.1, -0.05) is 12.1 Å². The molecule has 0 saturated carbocycles. The van der Waals surface area contributed by atoms with Crippen molar-refractivity contribution >= 4 is 17.0 Å². The van der Waals surface area contributed by atoms with Crippen molar-refractivity contribution in [3.8, 4) is 10.4 Å². The number of rotatable bonds is 5. The second-order valence-electron chi connectivity index (χ2n) is 4.79. The summed E-state index contributed by atoms with van der Waals surface area (Å²) in [6.45, 7) is 0.771. The Bertz CT molecular complexity index is 516. The van der Waals surface area contributed by atoms with Crippen LogP contribution in [0.2, 0.25) is 0 Å². The summed E-state index contributed by atoms with van der Waals surface area (Å²) in [6, 6.07) is 8.55. The summed E-state index contributed by atoms with van der Waals surface area (Å²) in [7, 11) is 8.06. The van der Waals surface area contributed by atoms with Crippen molar-refractivity contribution in [2.75, 3.05) is 33.1 Å². The molecule has 0 aliphatic heterocycles. The van der Waals surface area contributed by atoms with Crippen LogP contribution in [0.15, 0.2) is 30.5 Å². The van der Waals surface area contributed by atoms with Crippen molar-refractivity contribution < 1.29 is 0 Å². The molecule has 5 heteroatoms. The molecular weight excluding hydrogens is 256 g/mol. The van der Waals surface area contributed by atoms with Crippen LogP contribution in [0.3, 0.4) is 0 Å². The standard InChI is InChI=1S/C14H20N4S/c1-17(2)12-7-5-11(6-8-12)13-9-15-14(19-13)10-16-18(3)4/h5-9,16H,10H2,1-4H3. The highest BCUT2D eigenvalue weighted by atomic mass is 32.1. The molecule has 0 unspecified atom stereocenters. The number of hydrogen-bond donors (Lipinski definition) is 1. The second kappa shape index (κ2) is 6.14. The minimum Gasteiger partial charge on any atom is -0.378 e. The Labute approximate surface area is 118 Å². The average molecular weight is 276 g/mol. The molecule has 0 spiro atoms. The maximum Gasteiger partial charge on any atom is 0.108 e. The molecule has 1 heterocycles. The number of anilines is 1. The molecule has 19 heavy (non-hydrogen) atoms. The molecule has 0 bridgehead atoms. The molecule has 2 rings (SSSR count). The van der Waals surface area contributed by atoms with Crippen LogP contribution in [-0.2, 0) is 6.54 Å². The van der Waals surface area contributed by atoms with Gasteiger partial charge in [0.2, 0.25) is 0 Å². The maximum absolute atomic E-state index is 4.44. The van der Waals surface area contributed by atoms with E-state index in [1.165, 1.54) is 16.1 Å². The van der Waals surface area contributed by atoms with Gasteiger partial charge in [0.25, 0.3) is 0 Å². The van der Waals surface area contributed by atoms with E-state index in [9.17, 15) is 0 Å². The quantitative estimate of drug-likeness (QED) is 0.850. The molecular formula is C14H20N4S. The Kier molecular flexibility index (Phi) is 4.52. The van der Waals surface area contributed by atoms with Gasteiger partial charge in [0, 0.05) is 40.1 Å². The summed E-state index contributed by atoms with van der Waals surface area (Å²) in [6.07, 6.45) is 1.95. The molecule has 1 aromatic carbocycles. The van der Waals surface area contributed by atoms with Crippen molar-refractivity contribution in [2.24, 2.45) is 0 Å². The Balaban J connectivity index is 2.09. The van der Waals surface area contributed by atoms with Crippen LogP contribution in [0.25, 0.3) is 10.4 Å². The zero-order valence-electron chi connectivity index (χ0n) is 11.8. The maximum atomic E-state index is 4.44. The highest BCUT2D eigenvalue weighted by Gasteiger charge is 2.05. The van der Waals surface area contributed by atoms with Crippen LogP contribution >= 0.6 is 11.3 Å². The molecule has 1 aromatic heterocycles. The normalized spacial score (nSPS) is 11.0. The van der Waals surface area contributed by atoms with E-state index in [-0.39, 0.29) is 0 Å². The van der Waals surface area contributed by atoms with Crippen molar-refractivity contribution in [2.45, 2.75) is 6.54 Å². The molecule has 0 aliphatic rings. The molecule has 2 aromatic rings. The number of hydrogen-bond acceptors (Lipinski definition) is 5. The summed E-state index contributed by atoms with van der Waals surface area (Å²) in [4.78, 5) is 7.75. The van der Waals surface area contributed by atoms with Crippen LogP contribution in [0, 0.1) is 0 Å². The van der Waals surface area contributed by atoms with Crippen molar-refractivity contribution in [3.05, 3.63) is 35.5 Å². The lowest BCUT2D eigenvalue weighted by Crippen LogP contribution is -2.29. The van der Waals surface area contributed by atoms with Crippen molar-refractivity contribution in [1.82, 2.24) is 15.4 Å². The van der Waals surface area contributed by atoms with Gasteiger partial charge in [-0.25, -0.2) is 10.4 Å². The van der Waals surface area contributed by atoms with Crippen LogP contribution in [0.5, 0.6) is 0 Å². The fourth-order valence-electron chi connectivity index (χ4n) is 1.68. The Hall–Kier alpha value is -1.43. The van der Waals surface area contributed by atoms with Gasteiger partial charge >= 0.3 is 0 Å². The van der Waals surface area contributed by atoms with Gasteiger partial charge in [0.05, 0.1) is 11.4 Å². The lowest BCUT2D eigenvalue weighted by Gasteiger charge is -2.12. The molecule has 0 saturated heterocycles. The SMILES string of the molecule is CN(C)NCc1ncc(-c2ccc(N(C)C)cc2)s1. The topological polar surface area (TPSA) is 31.4 Å². The predicted octanol–water partition coefficient (Wildman–Crippen LogP) is 2.44. The summed E-state index contributed by atoms with van der Waals surface area (Å²) in [5.74, 6) is 0. The zero-order valence-corrected chi connectivity index (χ0v) is 12.7. The van der Waals surface area contributed by atoms with Crippen LogP contribution in [0.1, 0.15) is 5.01 Å². The fourth-order valence-corrected chi connectivity index (χ4v) is 2.53. The zero-order chi connectivity index (χ0) is 13.8. The van der Waals surface area contributed by atoms with Crippen molar-refractivity contribution in [3.63, 3.8) is 0 Å². The van der Waals surface area contributed by atoms with Gasteiger partial charge in [-0.05, 0) is 17.7 Å². The molecule has 0 aliphatic carbocycles. The summed E-state index contributed by atoms with van der Waals surface area (Å²) in [5, 5.41) is 3.04. The number of thiazole rings is 1. The summed E-state index contributed by atoms with van der Waals surface area (Å²) >= 11 is 1.73. The fraction of sp³-hybridized carbons (Fsp3) is 0.357. The number of aromatic nitrogens is 1. The van der Waals surface area contributed by atoms with E-state index < -0.39 is 0 Å². The third kappa shape index (κ3) is 3.76. The van der Waals surface area contributed by atoms with Gasteiger partial charge in [-0.2, -0.15) is 0 Å². The van der Waals surface area contributed by atoms with E-state index in [4.69, 9.17) is 0 Å². The highest BCUT2D eigenvalue weighted by molar-refractivity contribution is 7.15. The minimum absolute atomic E-state index is 0.771. The molecule has 1 N–H and O–H groups in total. The van der Waals surface area contributed by atoms with Gasteiger partial charge in [-0.15, -0.1) is 11.3 Å². The Morgan fingerprint density at radius 2 is 1.79 bits per heavy atom. The van der Waals surface area contributed by atoms with Crippen LogP contribution < -0.4 is 10.3 Å². The van der Waals surface area contributed by atoms with Crippen molar-refractivity contribution in [1.29, 1.82) is 0 Å². The first-order valence-electron chi connectivity index (χ1n) is 6.19. The third-order valence-electron chi connectivity index (χ3n) is 2.77. The molecule has 0 radical (unpaired) electrons. The van der Waals surface area contributed by atoms with E-state index in [1.807, 2.05) is 39.4 Å². The smallest absolute Gasteiger partial charge is 0.108 e. The minimum atomic E-state index is 0.771. The van der Waals surface area contributed by atoms with E-state index >= 15 is 0 Å². The second-order valence-corrected chi connectivity index (χ2v) is 5.90. The highest BCUT2D eigenvalue weighted by Crippen LogP contribution is 2.27. The Morgan fingerprint density at radius 1 is 1.11 bits per heavy atom. The summed E-state index contributed by atoms with van der Waals surface area (Å²) in [5.41, 5.74) is 5.66. The lowest BCUT2D eigenvalue weighted by molar-refractivity contribution is 0.286. The van der Waals surface area contributed by atoms with Gasteiger partial charge in [0.15, 0.2) is 0 Å². The number of benzene rings is 1. The van der Waals surface area contributed by atoms with Gasteiger partial charge < -0.3 is 4.90 Å². The molecule has 102 valence electrons. The van der Waals surface area contributed by atoms with Crippen LogP contribution in [0.4, 0.5) is 5.69 Å². The predicted molar refractivity (Wildman–Crippen MR) is 82.4 cm³/mol. The first-order chi connectivity index (χ1) is 9.06. The first kappa shape index (κ1) is 14.0. The summed E-state index contributed by atoms with van der Waals surface area (Å²) < 4.78 is 0. The lowest BCUT2D eigenvalue weighted by atomic mass is 10.2. The number of nitrogens with one attached hydrogen (secondary N) is 1. The molecule has 0 fully saturated rings. The molecule has 0 atom stereocenters. The number of nitrogens with zero attached hydrogens (tertiary/aromatic N) is 3. The van der Waals surface area contributed by atoms with E-state index in [0.29, 0.717) is 0 Å². The van der Waals surface area contributed by atoms with E-state index in [0.717, 1.165) is 11.6 Å². The van der Waals surface area contributed by atoms with Crippen LogP contribution in [-0.4, -0.2) is 38.2 Å². The Morgan fingerprint density at radius 3 is 2.37 bits per heavy atom. The monoisotopic (exact) mass is 276 g/mol. The van der Waals surface area contributed by atoms with Gasteiger partial charge in [-0.3, -0.25) is 5.01 Å².